The van der Waals surface area contributed by atoms with Crippen LogP contribution < -0.4 is 0 Å². The topological polar surface area (TPSA) is 71.4 Å². The van der Waals surface area contributed by atoms with Gasteiger partial charge in [0.25, 0.3) is 9.84 Å². The molecular formula is C9H7F3O4S. The molecule has 0 heterocycles. The van der Waals surface area contributed by atoms with E-state index in [0.717, 1.165) is 18.2 Å². The van der Waals surface area contributed by atoms with Crippen LogP contribution in [0.4, 0.5) is 13.2 Å². The van der Waals surface area contributed by atoms with Gasteiger partial charge in [-0.25, -0.2) is 8.42 Å². The number of hydrogen-bond donors (Lipinski definition) is 1. The van der Waals surface area contributed by atoms with Gasteiger partial charge in [0.1, 0.15) is 0 Å². The van der Waals surface area contributed by atoms with Gasteiger partial charge in [-0.1, -0.05) is 18.2 Å². The van der Waals surface area contributed by atoms with Gasteiger partial charge in [-0.05, 0) is 11.6 Å². The Morgan fingerprint density at radius 2 is 1.76 bits per heavy atom. The highest BCUT2D eigenvalue weighted by Crippen LogP contribution is 2.32. The molecule has 0 aliphatic carbocycles. The fraction of sp³-hybridized carbons (Fsp3) is 0.222. The van der Waals surface area contributed by atoms with E-state index in [-0.39, 0.29) is 0 Å². The largest absolute Gasteiger partial charge is 0.501 e. The van der Waals surface area contributed by atoms with Crippen LogP contribution in [0, 0.1) is 0 Å². The third-order valence-electron chi connectivity index (χ3n) is 1.91. The number of halogens is 3. The van der Waals surface area contributed by atoms with Crippen LogP contribution in [0.5, 0.6) is 0 Å². The Labute approximate surface area is 94.6 Å². The number of benzene rings is 1. The quantitative estimate of drug-likeness (QED) is 0.904. The van der Waals surface area contributed by atoms with Crippen LogP contribution >= 0.6 is 0 Å². The summed E-state index contributed by atoms with van der Waals surface area (Å²) in [5, 5.41) is 8.48. The lowest BCUT2D eigenvalue weighted by atomic mass is 10.1. The van der Waals surface area contributed by atoms with Crippen molar-refractivity contribution in [3.63, 3.8) is 0 Å². The fourth-order valence-electron chi connectivity index (χ4n) is 1.20. The van der Waals surface area contributed by atoms with E-state index in [4.69, 9.17) is 5.11 Å². The van der Waals surface area contributed by atoms with Gasteiger partial charge in [-0.15, -0.1) is 0 Å². The van der Waals surface area contributed by atoms with Crippen molar-refractivity contribution in [2.75, 3.05) is 0 Å². The second kappa shape index (κ2) is 4.36. The average molecular weight is 268 g/mol. The standard InChI is InChI=1S/C9H7F3O4S/c10-9(11,12)17(15,16)7-4-2-1-3-6(7)5-8(13)14/h1-4H,5H2,(H,13,14). The molecule has 0 atom stereocenters. The molecule has 0 fully saturated rings. The molecule has 1 aromatic carbocycles. The number of rotatable bonds is 3. The molecule has 0 saturated heterocycles. The van der Waals surface area contributed by atoms with Crippen LogP contribution in [0.1, 0.15) is 5.56 Å². The smallest absolute Gasteiger partial charge is 0.481 e. The minimum absolute atomic E-state index is 0.391. The number of carboxylic acids is 1. The molecule has 94 valence electrons. The maximum atomic E-state index is 12.3. The van der Waals surface area contributed by atoms with Crippen molar-refractivity contribution in [1.29, 1.82) is 0 Å². The molecule has 0 radical (unpaired) electrons. The van der Waals surface area contributed by atoms with E-state index in [1.165, 1.54) is 6.07 Å². The van der Waals surface area contributed by atoms with Crippen LogP contribution in [0.15, 0.2) is 29.2 Å². The summed E-state index contributed by atoms with van der Waals surface area (Å²) in [7, 11) is -5.52. The zero-order valence-electron chi connectivity index (χ0n) is 8.23. The highest BCUT2D eigenvalue weighted by molar-refractivity contribution is 7.92. The molecule has 0 aliphatic heterocycles. The zero-order chi connectivity index (χ0) is 13.3. The van der Waals surface area contributed by atoms with Gasteiger partial charge in [0.2, 0.25) is 0 Å². The molecule has 1 N–H and O–H groups in total. The third-order valence-corrected chi connectivity index (χ3v) is 3.50. The lowest BCUT2D eigenvalue weighted by Crippen LogP contribution is -2.24. The van der Waals surface area contributed by atoms with Gasteiger partial charge in [0.05, 0.1) is 11.3 Å². The minimum Gasteiger partial charge on any atom is -0.481 e. The number of sulfone groups is 1. The summed E-state index contributed by atoms with van der Waals surface area (Å²) < 4.78 is 59.2. The Morgan fingerprint density at radius 3 is 2.24 bits per heavy atom. The SMILES string of the molecule is O=C(O)Cc1ccccc1S(=O)(=O)C(F)(F)F. The van der Waals surface area contributed by atoms with Crippen molar-refractivity contribution in [3.8, 4) is 0 Å². The normalized spacial score (nSPS) is 12.4. The Bertz CT molecular complexity index is 533. The van der Waals surface area contributed by atoms with E-state index in [1.54, 1.807) is 0 Å². The summed E-state index contributed by atoms with van der Waals surface area (Å²) in [6.07, 6.45) is -0.786. The van der Waals surface area contributed by atoms with Crippen molar-refractivity contribution in [1.82, 2.24) is 0 Å². The summed E-state index contributed by atoms with van der Waals surface area (Å²) in [5.74, 6) is -1.41. The first-order valence-corrected chi connectivity index (χ1v) is 5.75. The predicted octanol–water partition coefficient (Wildman–Crippen LogP) is 1.61. The third kappa shape index (κ3) is 2.76. The van der Waals surface area contributed by atoms with Crippen molar-refractivity contribution in [2.24, 2.45) is 0 Å². The molecule has 0 unspecified atom stereocenters. The van der Waals surface area contributed by atoms with E-state index < -0.39 is 38.2 Å². The molecule has 8 heteroatoms. The van der Waals surface area contributed by atoms with Crippen LogP contribution in [0.2, 0.25) is 0 Å². The molecule has 0 aliphatic rings. The number of hydrogen-bond acceptors (Lipinski definition) is 3. The Hall–Kier alpha value is -1.57. The molecule has 1 rings (SSSR count). The van der Waals surface area contributed by atoms with E-state index in [0.29, 0.717) is 0 Å². The molecule has 0 spiro atoms. The van der Waals surface area contributed by atoms with Gasteiger partial charge in [0.15, 0.2) is 0 Å². The Kier molecular flexibility index (Phi) is 3.46. The summed E-state index contributed by atoms with van der Waals surface area (Å²) >= 11 is 0. The van der Waals surface area contributed by atoms with Crippen molar-refractivity contribution < 1.29 is 31.5 Å². The summed E-state index contributed by atoms with van der Waals surface area (Å²) in [6.45, 7) is 0. The first-order chi connectivity index (χ1) is 7.66. The fourth-order valence-corrected chi connectivity index (χ4v) is 2.19. The van der Waals surface area contributed by atoms with Crippen molar-refractivity contribution >= 4 is 15.8 Å². The molecule has 1 aromatic rings. The van der Waals surface area contributed by atoms with E-state index in [1.807, 2.05) is 0 Å². The highest BCUT2D eigenvalue weighted by atomic mass is 32.2. The number of aliphatic carboxylic acids is 1. The van der Waals surface area contributed by atoms with Crippen LogP contribution in [0.3, 0.4) is 0 Å². The average Bonchev–Trinajstić information content (AvgIpc) is 2.15. The highest BCUT2D eigenvalue weighted by Gasteiger charge is 2.47. The lowest BCUT2D eigenvalue weighted by Gasteiger charge is -2.11. The van der Waals surface area contributed by atoms with Gasteiger partial charge >= 0.3 is 11.5 Å². The van der Waals surface area contributed by atoms with E-state index in [9.17, 15) is 26.4 Å². The maximum absolute atomic E-state index is 12.3. The molecule has 0 aromatic heterocycles. The van der Waals surface area contributed by atoms with Gasteiger partial charge < -0.3 is 5.11 Å². The Morgan fingerprint density at radius 1 is 1.24 bits per heavy atom. The predicted molar refractivity (Wildman–Crippen MR) is 51.0 cm³/mol. The molecule has 0 amide bonds. The van der Waals surface area contributed by atoms with Crippen molar-refractivity contribution in [3.05, 3.63) is 29.8 Å². The summed E-state index contributed by atoms with van der Waals surface area (Å²) in [4.78, 5) is 9.40. The van der Waals surface area contributed by atoms with Gasteiger partial charge in [0, 0.05) is 0 Å². The van der Waals surface area contributed by atoms with Crippen LogP contribution in [-0.2, 0) is 21.1 Å². The second-order valence-corrected chi connectivity index (χ2v) is 5.04. The zero-order valence-corrected chi connectivity index (χ0v) is 9.05. The lowest BCUT2D eigenvalue weighted by molar-refractivity contribution is -0.136. The van der Waals surface area contributed by atoms with E-state index >= 15 is 0 Å². The summed E-state index contributed by atoms with van der Waals surface area (Å²) in [5.41, 5.74) is -5.83. The molecule has 0 bridgehead atoms. The van der Waals surface area contributed by atoms with Gasteiger partial charge in [-0.2, -0.15) is 13.2 Å². The van der Waals surface area contributed by atoms with Gasteiger partial charge in [-0.3, -0.25) is 4.79 Å². The first-order valence-electron chi connectivity index (χ1n) is 4.27. The monoisotopic (exact) mass is 268 g/mol. The summed E-state index contributed by atoms with van der Waals surface area (Å²) in [6, 6.07) is 4.14. The number of carboxylic acid groups (broad SMARTS) is 1. The first kappa shape index (κ1) is 13.5. The molecule has 4 nitrogen and oxygen atoms in total. The van der Waals surface area contributed by atoms with Crippen LogP contribution in [-0.4, -0.2) is 25.0 Å². The minimum atomic E-state index is -5.52. The number of alkyl halides is 3. The van der Waals surface area contributed by atoms with Crippen molar-refractivity contribution in [2.45, 2.75) is 16.8 Å². The Balaban J connectivity index is 3.37. The van der Waals surface area contributed by atoms with Crippen LogP contribution in [0.25, 0.3) is 0 Å². The molecular weight excluding hydrogens is 261 g/mol. The maximum Gasteiger partial charge on any atom is 0.501 e. The van der Waals surface area contributed by atoms with E-state index in [2.05, 4.69) is 0 Å². The number of carbonyl (C=O) groups is 1. The second-order valence-electron chi connectivity index (χ2n) is 3.13. The molecule has 0 saturated carbocycles. The molecule has 17 heavy (non-hydrogen) atoms.